The number of aliphatic hydroxyl groups excluding tert-OH is 3. The molecule has 0 aromatic rings. The van der Waals surface area contributed by atoms with E-state index in [1.807, 2.05) is 0 Å². The van der Waals surface area contributed by atoms with Crippen LogP contribution in [0.1, 0.15) is 40.5 Å². The zero-order chi connectivity index (χ0) is 27.2. The van der Waals surface area contributed by atoms with E-state index >= 15 is 0 Å². The SMILES string of the molecule is COC(=O)[C@@]12OC[C@@]34[C@@H](C[C@H]5C(C)=C(O)C(=O)C[C@]5(C)[C@@H]3[C@@H](O)[C@@H]1O)OC(=O)[C@H](OC(=O)C=C(C)C)[C@@H]24. The lowest BCUT2D eigenvalue weighted by Gasteiger charge is -2.67. The summed E-state index contributed by atoms with van der Waals surface area (Å²) in [6.07, 6.45) is -4.79. The minimum Gasteiger partial charge on any atom is -0.504 e. The average molecular weight is 521 g/mol. The van der Waals surface area contributed by atoms with Gasteiger partial charge in [-0.15, -0.1) is 0 Å². The molecule has 2 heterocycles. The van der Waals surface area contributed by atoms with Gasteiger partial charge in [-0.3, -0.25) is 4.79 Å². The fourth-order valence-corrected chi connectivity index (χ4v) is 8.25. The van der Waals surface area contributed by atoms with Crippen LogP contribution in [0, 0.1) is 28.6 Å². The first-order valence-corrected chi connectivity index (χ1v) is 12.3. The lowest BCUT2D eigenvalue weighted by Crippen LogP contribution is -2.79. The Morgan fingerprint density at radius 2 is 1.84 bits per heavy atom. The van der Waals surface area contributed by atoms with Crippen molar-refractivity contribution in [2.45, 2.75) is 70.6 Å². The Balaban J connectivity index is 1.74. The number of fused-ring (bicyclic) bond motifs is 2. The van der Waals surface area contributed by atoms with Crippen LogP contribution in [0.3, 0.4) is 0 Å². The highest BCUT2D eigenvalue weighted by Gasteiger charge is 2.85. The van der Waals surface area contributed by atoms with Gasteiger partial charge in [-0.1, -0.05) is 12.5 Å². The molecule has 4 fully saturated rings. The number of Topliss-reactive ketones (excluding diaryl/α,β-unsaturated/α-hetero) is 1. The van der Waals surface area contributed by atoms with E-state index in [0.29, 0.717) is 11.1 Å². The van der Waals surface area contributed by atoms with E-state index in [0.717, 1.165) is 7.11 Å². The van der Waals surface area contributed by atoms with Gasteiger partial charge in [0.15, 0.2) is 11.5 Å². The van der Waals surface area contributed by atoms with Crippen LogP contribution in [-0.4, -0.2) is 82.7 Å². The van der Waals surface area contributed by atoms with Gasteiger partial charge in [-0.05, 0) is 44.1 Å². The van der Waals surface area contributed by atoms with Crippen LogP contribution < -0.4 is 0 Å². The van der Waals surface area contributed by atoms with Crippen molar-refractivity contribution in [2.75, 3.05) is 13.7 Å². The van der Waals surface area contributed by atoms with Crippen molar-refractivity contribution < 1.29 is 53.4 Å². The van der Waals surface area contributed by atoms with Crippen molar-refractivity contribution >= 4 is 23.7 Å². The smallest absolute Gasteiger partial charge is 0.348 e. The number of ketones is 1. The molecule has 0 aromatic carbocycles. The summed E-state index contributed by atoms with van der Waals surface area (Å²) in [6.45, 7) is 6.53. The Morgan fingerprint density at radius 1 is 1.16 bits per heavy atom. The van der Waals surface area contributed by atoms with E-state index in [-0.39, 0.29) is 25.2 Å². The molecule has 11 heteroatoms. The normalized spacial score (nSPS) is 45.9. The van der Waals surface area contributed by atoms with Crippen molar-refractivity contribution in [3.63, 3.8) is 0 Å². The summed E-state index contributed by atoms with van der Waals surface area (Å²) >= 11 is 0. The monoisotopic (exact) mass is 520 g/mol. The highest BCUT2D eigenvalue weighted by molar-refractivity contribution is 5.95. The van der Waals surface area contributed by atoms with Crippen molar-refractivity contribution in [3.8, 4) is 0 Å². The molecular weight excluding hydrogens is 488 g/mol. The summed E-state index contributed by atoms with van der Waals surface area (Å²) in [5, 5.41) is 33.6. The number of esters is 3. The van der Waals surface area contributed by atoms with E-state index in [4.69, 9.17) is 18.9 Å². The Morgan fingerprint density at radius 3 is 2.46 bits per heavy atom. The Labute approximate surface area is 213 Å². The first-order valence-electron chi connectivity index (χ1n) is 12.3. The van der Waals surface area contributed by atoms with Crippen molar-refractivity contribution in [1.29, 1.82) is 0 Å². The second kappa shape index (κ2) is 8.12. The van der Waals surface area contributed by atoms with Crippen molar-refractivity contribution in [2.24, 2.45) is 28.6 Å². The van der Waals surface area contributed by atoms with Gasteiger partial charge in [-0.25, -0.2) is 14.4 Å². The van der Waals surface area contributed by atoms with Gasteiger partial charge in [0.2, 0.25) is 11.7 Å². The lowest BCUT2D eigenvalue weighted by atomic mass is 9.38. The van der Waals surface area contributed by atoms with Crippen LogP contribution in [0.4, 0.5) is 0 Å². The van der Waals surface area contributed by atoms with Crippen LogP contribution in [-0.2, 0) is 38.1 Å². The Bertz CT molecular complexity index is 1150. The highest BCUT2D eigenvalue weighted by Crippen LogP contribution is 2.72. The highest BCUT2D eigenvalue weighted by atomic mass is 16.6. The van der Waals surface area contributed by atoms with Gasteiger partial charge in [0.05, 0.1) is 25.7 Å². The zero-order valence-electron chi connectivity index (χ0n) is 21.3. The molecule has 5 rings (SSSR count). The third kappa shape index (κ3) is 3.04. The molecule has 2 saturated heterocycles. The summed E-state index contributed by atoms with van der Waals surface area (Å²) in [5.41, 5.74) is -3.50. The lowest BCUT2D eigenvalue weighted by molar-refractivity contribution is -0.290. The standard InChI is InChI=1S/C26H32O11/c1-10(2)6-15(28)37-18-20-25-9-35-26(20,23(33)34-5)21(31)17(30)19(25)24(4)8-13(27)16(29)11(3)12(24)7-14(25)36-22(18)32/h6,12,14,17-21,29-31H,7-9H2,1-5H3/t12-,14+,17+,18+,19-,20+,21-,24-,25+,26-/m0/s1. The minimum absolute atomic E-state index is 0.141. The molecule has 37 heavy (non-hydrogen) atoms. The minimum atomic E-state index is -2.22. The predicted molar refractivity (Wildman–Crippen MR) is 122 cm³/mol. The van der Waals surface area contributed by atoms with Crippen LogP contribution in [0.15, 0.2) is 23.0 Å². The van der Waals surface area contributed by atoms with Crippen LogP contribution in [0.2, 0.25) is 0 Å². The largest absolute Gasteiger partial charge is 0.504 e. The zero-order valence-corrected chi connectivity index (χ0v) is 21.3. The average Bonchev–Trinajstić information content (AvgIpc) is 3.12. The van der Waals surface area contributed by atoms with Gasteiger partial charge in [0, 0.05) is 23.8 Å². The van der Waals surface area contributed by atoms with Crippen LogP contribution in [0.25, 0.3) is 0 Å². The van der Waals surface area contributed by atoms with E-state index in [9.17, 15) is 34.5 Å². The molecule has 0 radical (unpaired) electrons. The molecule has 3 N–H and O–H groups in total. The molecular formula is C26H32O11. The van der Waals surface area contributed by atoms with E-state index in [1.165, 1.54) is 6.08 Å². The summed E-state index contributed by atoms with van der Waals surface area (Å²) < 4.78 is 22.5. The second-order valence-corrected chi connectivity index (χ2v) is 11.5. The molecule has 3 aliphatic carbocycles. The molecule has 5 aliphatic rings. The summed E-state index contributed by atoms with van der Waals surface area (Å²) in [4.78, 5) is 52.2. The van der Waals surface area contributed by atoms with Gasteiger partial charge >= 0.3 is 17.9 Å². The van der Waals surface area contributed by atoms with E-state index in [2.05, 4.69) is 0 Å². The molecule has 0 unspecified atom stereocenters. The van der Waals surface area contributed by atoms with E-state index < -0.39 is 82.3 Å². The number of allylic oxidation sites excluding steroid dienone is 3. The predicted octanol–water partition coefficient (Wildman–Crippen LogP) is 0.517. The number of hydrogen-bond acceptors (Lipinski definition) is 11. The maximum Gasteiger partial charge on any atom is 0.348 e. The third-order valence-electron chi connectivity index (χ3n) is 9.49. The summed E-state index contributed by atoms with van der Waals surface area (Å²) in [6, 6.07) is 0. The fourth-order valence-electron chi connectivity index (χ4n) is 8.25. The summed E-state index contributed by atoms with van der Waals surface area (Å²) in [5.74, 6) is -6.30. The number of carbonyl (C=O) groups is 4. The molecule has 1 spiro atoms. The molecule has 11 nitrogen and oxygen atoms in total. The first kappa shape index (κ1) is 25.9. The van der Waals surface area contributed by atoms with Gasteiger partial charge in [0.1, 0.15) is 12.2 Å². The molecule has 10 atom stereocenters. The first-order chi connectivity index (χ1) is 17.3. The van der Waals surface area contributed by atoms with Crippen LogP contribution in [0.5, 0.6) is 0 Å². The van der Waals surface area contributed by atoms with Crippen molar-refractivity contribution in [1.82, 2.24) is 0 Å². The van der Waals surface area contributed by atoms with Gasteiger partial charge in [-0.2, -0.15) is 0 Å². The maximum atomic E-state index is 13.4. The number of carbonyl (C=O) groups excluding carboxylic acids is 4. The number of hydrogen-bond donors (Lipinski definition) is 3. The number of aliphatic hydroxyl groups is 3. The summed E-state index contributed by atoms with van der Waals surface area (Å²) in [7, 11) is 1.09. The van der Waals surface area contributed by atoms with Crippen molar-refractivity contribution in [3.05, 3.63) is 23.0 Å². The molecule has 2 bridgehead atoms. The van der Waals surface area contributed by atoms with Gasteiger partial charge < -0.3 is 34.3 Å². The topological polar surface area (TPSA) is 166 Å². The third-order valence-corrected chi connectivity index (χ3v) is 9.49. The Hall–Kier alpha value is -2.76. The number of ether oxygens (including phenoxy) is 4. The maximum absolute atomic E-state index is 13.4. The Kier molecular flexibility index (Phi) is 5.68. The molecule has 0 aromatic heterocycles. The number of methoxy groups -OCH3 is 1. The number of rotatable bonds is 3. The molecule has 202 valence electrons. The fraction of sp³-hybridized carbons (Fsp3) is 0.692. The molecule has 0 amide bonds. The quantitative estimate of drug-likeness (QED) is 0.270. The van der Waals surface area contributed by atoms with Crippen LogP contribution >= 0.6 is 0 Å². The molecule has 2 saturated carbocycles. The molecule has 2 aliphatic heterocycles. The van der Waals surface area contributed by atoms with E-state index in [1.54, 1.807) is 27.7 Å². The second-order valence-electron chi connectivity index (χ2n) is 11.5. The van der Waals surface area contributed by atoms with Gasteiger partial charge in [0.25, 0.3) is 0 Å².